The normalized spacial score (nSPS) is 10.7. The summed E-state index contributed by atoms with van der Waals surface area (Å²) < 4.78 is 5.40. The molecule has 2 amide bonds. The summed E-state index contributed by atoms with van der Waals surface area (Å²) in [5.74, 6) is 0.903. The molecular formula is C27H26N4O4. The van der Waals surface area contributed by atoms with Gasteiger partial charge in [0.05, 0.1) is 17.5 Å². The van der Waals surface area contributed by atoms with E-state index in [0.29, 0.717) is 53.1 Å². The average molecular weight is 471 g/mol. The zero-order valence-electron chi connectivity index (χ0n) is 19.3. The van der Waals surface area contributed by atoms with Gasteiger partial charge in [0.15, 0.2) is 0 Å². The van der Waals surface area contributed by atoms with Gasteiger partial charge in [-0.05, 0) is 74.0 Å². The maximum Gasteiger partial charge on any atom is 0.258 e. The number of aromatic amines is 1. The fraction of sp³-hybridized carbons (Fsp3) is 0.185. The molecular weight excluding hydrogens is 444 g/mol. The van der Waals surface area contributed by atoms with E-state index in [1.807, 2.05) is 13.0 Å². The van der Waals surface area contributed by atoms with Crippen molar-refractivity contribution in [2.45, 2.75) is 26.2 Å². The Morgan fingerprint density at radius 3 is 2.34 bits per heavy atom. The number of aromatic nitrogens is 2. The maximum atomic E-state index is 12.5. The number of rotatable bonds is 9. The summed E-state index contributed by atoms with van der Waals surface area (Å²) in [6.45, 7) is 2.49. The van der Waals surface area contributed by atoms with E-state index in [1.54, 1.807) is 66.7 Å². The number of benzene rings is 3. The second kappa shape index (κ2) is 11.1. The van der Waals surface area contributed by atoms with Crippen molar-refractivity contribution < 1.29 is 14.3 Å². The lowest BCUT2D eigenvalue weighted by Crippen LogP contribution is -2.15. The van der Waals surface area contributed by atoms with Gasteiger partial charge in [-0.15, -0.1) is 0 Å². The van der Waals surface area contributed by atoms with Gasteiger partial charge in [0.1, 0.15) is 11.6 Å². The van der Waals surface area contributed by atoms with E-state index in [1.165, 1.54) is 0 Å². The highest BCUT2D eigenvalue weighted by molar-refractivity contribution is 6.04. The fourth-order valence-electron chi connectivity index (χ4n) is 3.60. The third-order valence-corrected chi connectivity index (χ3v) is 5.33. The molecule has 0 fully saturated rings. The summed E-state index contributed by atoms with van der Waals surface area (Å²) in [4.78, 5) is 44.2. The van der Waals surface area contributed by atoms with E-state index in [0.717, 1.165) is 5.75 Å². The Labute approximate surface area is 202 Å². The van der Waals surface area contributed by atoms with E-state index in [2.05, 4.69) is 20.6 Å². The number of carbonyl (C=O) groups excluding carboxylic acids is 2. The number of anilines is 2. The van der Waals surface area contributed by atoms with Crippen LogP contribution in [-0.4, -0.2) is 28.4 Å². The Morgan fingerprint density at radius 2 is 1.60 bits per heavy atom. The van der Waals surface area contributed by atoms with Gasteiger partial charge in [0.2, 0.25) is 5.91 Å². The zero-order chi connectivity index (χ0) is 24.6. The Bertz CT molecular complexity index is 1380. The summed E-state index contributed by atoms with van der Waals surface area (Å²) in [5, 5.41) is 6.21. The third-order valence-electron chi connectivity index (χ3n) is 5.33. The highest BCUT2D eigenvalue weighted by Gasteiger charge is 2.09. The van der Waals surface area contributed by atoms with Gasteiger partial charge < -0.3 is 20.4 Å². The first-order chi connectivity index (χ1) is 17.0. The summed E-state index contributed by atoms with van der Waals surface area (Å²) in [6, 6.07) is 21.0. The van der Waals surface area contributed by atoms with E-state index in [9.17, 15) is 14.4 Å². The Balaban J connectivity index is 1.26. The molecule has 4 rings (SSSR count). The molecule has 1 heterocycles. The number of ether oxygens (including phenoxy) is 1. The maximum absolute atomic E-state index is 12.5. The largest absolute Gasteiger partial charge is 0.494 e. The van der Waals surface area contributed by atoms with Crippen LogP contribution < -0.4 is 20.9 Å². The molecule has 0 atom stereocenters. The predicted molar refractivity (Wildman–Crippen MR) is 136 cm³/mol. The van der Waals surface area contributed by atoms with E-state index < -0.39 is 0 Å². The molecule has 178 valence electrons. The number of hydrogen-bond acceptors (Lipinski definition) is 5. The van der Waals surface area contributed by atoms with Gasteiger partial charge in [0, 0.05) is 29.8 Å². The smallest absolute Gasteiger partial charge is 0.258 e. The molecule has 35 heavy (non-hydrogen) atoms. The molecule has 8 nitrogen and oxygen atoms in total. The molecule has 4 aromatic rings. The first-order valence-corrected chi connectivity index (χ1v) is 11.4. The lowest BCUT2D eigenvalue weighted by molar-refractivity contribution is -0.116. The molecule has 1 aromatic heterocycles. The number of aryl methyl sites for hydroxylation is 1. The van der Waals surface area contributed by atoms with Crippen molar-refractivity contribution in [1.29, 1.82) is 0 Å². The zero-order valence-corrected chi connectivity index (χ0v) is 19.3. The Morgan fingerprint density at radius 1 is 0.914 bits per heavy atom. The number of nitrogens with one attached hydrogen (secondary N) is 3. The van der Waals surface area contributed by atoms with Gasteiger partial charge >= 0.3 is 0 Å². The minimum atomic E-state index is -0.246. The quantitative estimate of drug-likeness (QED) is 0.333. The summed E-state index contributed by atoms with van der Waals surface area (Å²) in [6.07, 6.45) is 1.30. The molecule has 3 aromatic carbocycles. The van der Waals surface area contributed by atoms with Crippen LogP contribution in [0.1, 0.15) is 35.9 Å². The van der Waals surface area contributed by atoms with Crippen molar-refractivity contribution in [2.75, 3.05) is 17.2 Å². The minimum absolute atomic E-state index is 0.153. The van der Waals surface area contributed by atoms with Crippen molar-refractivity contribution in [3.05, 3.63) is 94.5 Å². The molecule has 0 aliphatic heterocycles. The van der Waals surface area contributed by atoms with Crippen molar-refractivity contribution in [2.24, 2.45) is 0 Å². The highest BCUT2D eigenvalue weighted by atomic mass is 16.5. The third kappa shape index (κ3) is 6.32. The van der Waals surface area contributed by atoms with Crippen molar-refractivity contribution >= 4 is 34.1 Å². The van der Waals surface area contributed by atoms with Gasteiger partial charge in [-0.1, -0.05) is 12.1 Å². The standard InChI is InChI=1S/C27H26N4O4/c1-2-35-21-16-14-20(15-17-21)29-26(33)18-10-12-19(13-11-18)28-25(32)9-5-8-24-30-23-7-4-3-6-22(23)27(34)31-24/h3-4,6-7,10-17H,2,5,8-9H2,1H3,(H,28,32)(H,29,33)(H,30,31,34). The van der Waals surface area contributed by atoms with Crippen molar-refractivity contribution in [3.63, 3.8) is 0 Å². The van der Waals surface area contributed by atoms with Crippen LogP contribution in [0.4, 0.5) is 11.4 Å². The molecule has 0 saturated carbocycles. The molecule has 0 unspecified atom stereocenters. The number of fused-ring (bicyclic) bond motifs is 1. The summed E-state index contributed by atoms with van der Waals surface area (Å²) in [7, 11) is 0. The molecule has 0 aliphatic carbocycles. The SMILES string of the molecule is CCOc1ccc(NC(=O)c2ccc(NC(=O)CCCc3nc4ccccc4c(=O)[nH]3)cc2)cc1. The van der Waals surface area contributed by atoms with Crippen LogP contribution in [0.3, 0.4) is 0 Å². The van der Waals surface area contributed by atoms with Gasteiger partial charge in [-0.2, -0.15) is 0 Å². The first kappa shape index (κ1) is 23.7. The van der Waals surface area contributed by atoms with Crippen LogP contribution in [0.2, 0.25) is 0 Å². The van der Waals surface area contributed by atoms with E-state index in [4.69, 9.17) is 4.74 Å². The van der Waals surface area contributed by atoms with Crippen LogP contribution in [0.15, 0.2) is 77.6 Å². The molecule has 0 saturated heterocycles. The number of hydrogen-bond donors (Lipinski definition) is 3. The summed E-state index contributed by atoms with van der Waals surface area (Å²) in [5.41, 5.74) is 2.20. The van der Waals surface area contributed by atoms with Crippen LogP contribution >= 0.6 is 0 Å². The Hall–Kier alpha value is -4.46. The van der Waals surface area contributed by atoms with Crippen LogP contribution in [0, 0.1) is 0 Å². The predicted octanol–water partition coefficient (Wildman–Crippen LogP) is 4.54. The lowest BCUT2D eigenvalue weighted by Gasteiger charge is -2.09. The monoisotopic (exact) mass is 470 g/mol. The molecule has 8 heteroatoms. The average Bonchev–Trinajstić information content (AvgIpc) is 2.86. The summed E-state index contributed by atoms with van der Waals surface area (Å²) >= 11 is 0. The molecule has 0 radical (unpaired) electrons. The van der Waals surface area contributed by atoms with Gasteiger partial charge in [-0.3, -0.25) is 14.4 Å². The van der Waals surface area contributed by atoms with Gasteiger partial charge in [-0.25, -0.2) is 4.98 Å². The number of para-hydroxylation sites is 1. The number of nitrogens with zero attached hydrogens (tertiary/aromatic N) is 1. The van der Waals surface area contributed by atoms with Crippen molar-refractivity contribution in [3.8, 4) is 5.75 Å². The highest BCUT2D eigenvalue weighted by Crippen LogP contribution is 2.17. The second-order valence-corrected chi connectivity index (χ2v) is 7.92. The molecule has 0 spiro atoms. The number of H-pyrrole nitrogens is 1. The second-order valence-electron chi connectivity index (χ2n) is 7.92. The van der Waals surface area contributed by atoms with Gasteiger partial charge in [0.25, 0.3) is 11.5 Å². The lowest BCUT2D eigenvalue weighted by atomic mass is 10.1. The number of amides is 2. The van der Waals surface area contributed by atoms with Crippen LogP contribution in [0.25, 0.3) is 10.9 Å². The molecule has 0 bridgehead atoms. The topological polar surface area (TPSA) is 113 Å². The fourth-order valence-corrected chi connectivity index (χ4v) is 3.60. The van der Waals surface area contributed by atoms with Crippen LogP contribution in [0.5, 0.6) is 5.75 Å². The Kier molecular flexibility index (Phi) is 7.52. The molecule has 0 aliphatic rings. The first-order valence-electron chi connectivity index (χ1n) is 11.4. The van der Waals surface area contributed by atoms with Crippen molar-refractivity contribution in [1.82, 2.24) is 9.97 Å². The van der Waals surface area contributed by atoms with Crippen LogP contribution in [-0.2, 0) is 11.2 Å². The minimum Gasteiger partial charge on any atom is -0.494 e. The van der Waals surface area contributed by atoms with E-state index >= 15 is 0 Å². The number of carbonyl (C=O) groups is 2. The molecule has 3 N–H and O–H groups in total. The van der Waals surface area contributed by atoms with E-state index in [-0.39, 0.29) is 23.8 Å².